The summed E-state index contributed by atoms with van der Waals surface area (Å²) < 4.78 is 0. The number of aliphatic hydroxyl groups excluding tert-OH is 1. The van der Waals surface area contributed by atoms with E-state index in [0.717, 1.165) is 39.0 Å². The quantitative estimate of drug-likeness (QED) is 0.336. The number of hydrogen-bond acceptors (Lipinski definition) is 7. The van der Waals surface area contributed by atoms with Gasteiger partial charge in [0, 0.05) is 58.8 Å². The Bertz CT molecular complexity index is 1310. The molecule has 0 amide bonds. The van der Waals surface area contributed by atoms with E-state index in [-0.39, 0.29) is 5.95 Å². The normalized spacial score (nSPS) is 12.3. The molecule has 5 aromatic rings. The van der Waals surface area contributed by atoms with Crippen molar-refractivity contribution < 1.29 is 5.11 Å². The molecule has 31 heavy (non-hydrogen) atoms. The summed E-state index contributed by atoms with van der Waals surface area (Å²) in [6.07, 6.45) is 11.1. The molecule has 0 aliphatic carbocycles. The van der Waals surface area contributed by atoms with Gasteiger partial charge >= 0.3 is 0 Å². The lowest BCUT2D eigenvalue weighted by Crippen LogP contribution is -2.04. The number of nitrogens with two attached hydrogens (primary N) is 1. The standard InChI is InChI=1S/C22H20N8O/c23-22-29-16(1-2-20(31)13-3-5-24-6-4-13)8-19(30-22)18-12-26-21-17(18)7-14(9-25-21)15-10-27-28-11-15/h3-12,20,31H,1-2H2,(H,25,26)(H,27,28)(H2,23,29,30). The molecule has 1 unspecified atom stereocenters. The van der Waals surface area contributed by atoms with Crippen LogP contribution in [0.2, 0.25) is 0 Å². The molecule has 0 spiro atoms. The summed E-state index contributed by atoms with van der Waals surface area (Å²) >= 11 is 0. The van der Waals surface area contributed by atoms with Crippen molar-refractivity contribution in [2.24, 2.45) is 0 Å². The van der Waals surface area contributed by atoms with Crippen LogP contribution in [0.1, 0.15) is 23.8 Å². The highest BCUT2D eigenvalue weighted by atomic mass is 16.3. The molecule has 5 N–H and O–H groups in total. The van der Waals surface area contributed by atoms with Gasteiger partial charge in [-0.2, -0.15) is 5.10 Å². The summed E-state index contributed by atoms with van der Waals surface area (Å²) in [5.41, 5.74) is 11.9. The Labute approximate surface area is 177 Å². The van der Waals surface area contributed by atoms with E-state index in [9.17, 15) is 5.11 Å². The van der Waals surface area contributed by atoms with Crippen LogP contribution in [0.4, 0.5) is 5.95 Å². The van der Waals surface area contributed by atoms with E-state index in [2.05, 4.69) is 35.1 Å². The largest absolute Gasteiger partial charge is 0.388 e. The van der Waals surface area contributed by atoms with E-state index in [1.165, 1.54) is 0 Å². The minimum atomic E-state index is -0.600. The van der Waals surface area contributed by atoms with Crippen LogP contribution >= 0.6 is 0 Å². The average molecular weight is 412 g/mol. The van der Waals surface area contributed by atoms with Gasteiger partial charge < -0.3 is 15.8 Å². The lowest BCUT2D eigenvalue weighted by Gasteiger charge is -2.11. The second-order valence-corrected chi connectivity index (χ2v) is 7.25. The van der Waals surface area contributed by atoms with Crippen LogP contribution in [-0.2, 0) is 6.42 Å². The molecular formula is C22H20N8O. The molecule has 5 heterocycles. The highest BCUT2D eigenvalue weighted by Crippen LogP contribution is 2.30. The van der Waals surface area contributed by atoms with E-state index >= 15 is 0 Å². The van der Waals surface area contributed by atoms with Gasteiger partial charge in [0.05, 0.1) is 18.0 Å². The van der Waals surface area contributed by atoms with Gasteiger partial charge in [-0.25, -0.2) is 15.0 Å². The van der Waals surface area contributed by atoms with E-state index in [4.69, 9.17) is 5.73 Å². The fourth-order valence-electron chi connectivity index (χ4n) is 3.60. The lowest BCUT2D eigenvalue weighted by molar-refractivity contribution is 0.167. The third kappa shape index (κ3) is 3.86. The molecule has 0 aromatic carbocycles. The molecule has 0 aliphatic rings. The molecule has 0 fully saturated rings. The van der Waals surface area contributed by atoms with Crippen LogP contribution in [0.5, 0.6) is 0 Å². The first-order chi connectivity index (χ1) is 15.2. The molecular weight excluding hydrogens is 392 g/mol. The van der Waals surface area contributed by atoms with Crippen molar-refractivity contribution in [2.75, 3.05) is 5.73 Å². The topological polar surface area (TPSA) is 142 Å². The molecule has 0 bridgehead atoms. The number of aliphatic hydroxyl groups is 1. The molecule has 0 aliphatic heterocycles. The lowest BCUT2D eigenvalue weighted by atomic mass is 10.0. The number of aromatic nitrogens is 7. The monoisotopic (exact) mass is 412 g/mol. The molecule has 9 nitrogen and oxygen atoms in total. The Morgan fingerprint density at radius 2 is 1.90 bits per heavy atom. The van der Waals surface area contributed by atoms with Crippen LogP contribution < -0.4 is 5.73 Å². The van der Waals surface area contributed by atoms with Crippen molar-refractivity contribution in [2.45, 2.75) is 18.9 Å². The number of aryl methyl sites for hydroxylation is 1. The Balaban J connectivity index is 1.45. The van der Waals surface area contributed by atoms with Crippen LogP contribution in [0.25, 0.3) is 33.4 Å². The maximum absolute atomic E-state index is 10.4. The molecule has 154 valence electrons. The molecule has 0 radical (unpaired) electrons. The summed E-state index contributed by atoms with van der Waals surface area (Å²) in [4.78, 5) is 20.5. The number of H-pyrrole nitrogens is 2. The van der Waals surface area contributed by atoms with E-state index in [0.29, 0.717) is 18.5 Å². The fourth-order valence-corrected chi connectivity index (χ4v) is 3.60. The molecule has 0 saturated heterocycles. The predicted molar refractivity (Wildman–Crippen MR) is 117 cm³/mol. The minimum absolute atomic E-state index is 0.194. The molecule has 5 rings (SSSR count). The van der Waals surface area contributed by atoms with Gasteiger partial charge in [0.1, 0.15) is 5.65 Å². The smallest absolute Gasteiger partial charge is 0.220 e. The van der Waals surface area contributed by atoms with E-state index in [1.54, 1.807) is 36.9 Å². The number of nitrogens with one attached hydrogen (secondary N) is 2. The van der Waals surface area contributed by atoms with Crippen LogP contribution in [-0.4, -0.2) is 40.2 Å². The highest BCUT2D eigenvalue weighted by molar-refractivity contribution is 5.95. The van der Waals surface area contributed by atoms with Crippen LogP contribution in [0, 0.1) is 0 Å². The number of pyridine rings is 2. The second-order valence-electron chi connectivity index (χ2n) is 7.25. The van der Waals surface area contributed by atoms with Crippen molar-refractivity contribution in [3.63, 3.8) is 0 Å². The van der Waals surface area contributed by atoms with Gasteiger partial charge in [0.15, 0.2) is 0 Å². The van der Waals surface area contributed by atoms with E-state index < -0.39 is 6.10 Å². The number of anilines is 1. The summed E-state index contributed by atoms with van der Waals surface area (Å²) in [5, 5.41) is 18.2. The summed E-state index contributed by atoms with van der Waals surface area (Å²) in [6, 6.07) is 7.56. The Hall–Kier alpha value is -4.11. The highest BCUT2D eigenvalue weighted by Gasteiger charge is 2.14. The molecule has 1 atom stereocenters. The number of hydrogen-bond donors (Lipinski definition) is 4. The van der Waals surface area contributed by atoms with Crippen LogP contribution in [0.15, 0.2) is 61.4 Å². The predicted octanol–water partition coefficient (Wildman–Crippen LogP) is 3.05. The number of rotatable bonds is 6. The Morgan fingerprint density at radius 3 is 2.71 bits per heavy atom. The molecule has 5 aromatic heterocycles. The fraction of sp³-hybridized carbons (Fsp3) is 0.136. The van der Waals surface area contributed by atoms with Gasteiger partial charge in [-0.15, -0.1) is 0 Å². The third-order valence-electron chi connectivity index (χ3n) is 5.20. The van der Waals surface area contributed by atoms with Crippen molar-refractivity contribution in [3.8, 4) is 22.4 Å². The summed E-state index contributed by atoms with van der Waals surface area (Å²) in [5.74, 6) is 0.194. The Morgan fingerprint density at radius 1 is 1.03 bits per heavy atom. The van der Waals surface area contributed by atoms with Crippen molar-refractivity contribution in [1.82, 2.24) is 35.1 Å². The van der Waals surface area contributed by atoms with E-state index in [1.807, 2.05) is 24.5 Å². The Kier molecular flexibility index (Phi) is 4.85. The number of nitrogen functional groups attached to an aromatic ring is 1. The van der Waals surface area contributed by atoms with Crippen molar-refractivity contribution >= 4 is 17.0 Å². The zero-order valence-electron chi connectivity index (χ0n) is 16.5. The minimum Gasteiger partial charge on any atom is -0.388 e. The second kappa shape index (κ2) is 7.96. The number of fused-ring (bicyclic) bond motifs is 1. The first kappa shape index (κ1) is 18.9. The maximum Gasteiger partial charge on any atom is 0.220 e. The SMILES string of the molecule is Nc1nc(CCC(O)c2ccncc2)cc(-c2c[nH]c3ncc(-c4cn[nH]c4)cc23)n1. The zero-order valence-corrected chi connectivity index (χ0v) is 16.5. The van der Waals surface area contributed by atoms with Crippen molar-refractivity contribution in [3.05, 3.63) is 72.7 Å². The molecule has 9 heteroatoms. The third-order valence-corrected chi connectivity index (χ3v) is 5.20. The van der Waals surface area contributed by atoms with Gasteiger partial charge in [0.2, 0.25) is 5.95 Å². The first-order valence-corrected chi connectivity index (χ1v) is 9.85. The maximum atomic E-state index is 10.4. The van der Waals surface area contributed by atoms with Gasteiger partial charge in [0.25, 0.3) is 0 Å². The van der Waals surface area contributed by atoms with Crippen LogP contribution in [0.3, 0.4) is 0 Å². The zero-order chi connectivity index (χ0) is 21.2. The molecule has 0 saturated carbocycles. The summed E-state index contributed by atoms with van der Waals surface area (Å²) in [6.45, 7) is 0. The number of nitrogens with zero attached hydrogens (tertiary/aromatic N) is 5. The van der Waals surface area contributed by atoms with Gasteiger partial charge in [-0.05, 0) is 42.7 Å². The van der Waals surface area contributed by atoms with Gasteiger partial charge in [-0.1, -0.05) is 0 Å². The van der Waals surface area contributed by atoms with Gasteiger partial charge in [-0.3, -0.25) is 10.1 Å². The number of aromatic amines is 2. The summed E-state index contributed by atoms with van der Waals surface area (Å²) in [7, 11) is 0. The van der Waals surface area contributed by atoms with Crippen molar-refractivity contribution in [1.29, 1.82) is 0 Å². The average Bonchev–Trinajstić information content (AvgIpc) is 3.47. The first-order valence-electron chi connectivity index (χ1n) is 9.85.